The van der Waals surface area contributed by atoms with Gasteiger partial charge in [-0.25, -0.2) is 14.6 Å². The zero-order chi connectivity index (χ0) is 21.4. The highest BCUT2D eigenvalue weighted by atomic mass is 16.7. The van der Waals surface area contributed by atoms with E-state index < -0.39 is 0 Å². The van der Waals surface area contributed by atoms with Gasteiger partial charge in [0.15, 0.2) is 5.65 Å². The number of carbonyl (C=O) groups is 1. The van der Waals surface area contributed by atoms with Crippen LogP contribution >= 0.6 is 0 Å². The van der Waals surface area contributed by atoms with Gasteiger partial charge in [0.2, 0.25) is 5.91 Å². The lowest BCUT2D eigenvalue weighted by Gasteiger charge is -2.32. The smallest absolute Gasteiger partial charge is 0.249 e. The number of amides is 1. The van der Waals surface area contributed by atoms with Gasteiger partial charge in [0.1, 0.15) is 0 Å². The number of rotatable bonds is 4. The summed E-state index contributed by atoms with van der Waals surface area (Å²) in [6.45, 7) is 4.54. The van der Waals surface area contributed by atoms with E-state index in [0.717, 1.165) is 61.1 Å². The normalized spacial score (nSPS) is 24.1. The van der Waals surface area contributed by atoms with Gasteiger partial charge >= 0.3 is 0 Å². The zero-order valence-corrected chi connectivity index (χ0v) is 18.2. The van der Waals surface area contributed by atoms with Crippen LogP contribution in [0.1, 0.15) is 60.7 Å². The molecular weight excluding hydrogens is 390 g/mol. The van der Waals surface area contributed by atoms with Gasteiger partial charge in [-0.3, -0.25) is 14.6 Å². The Hall–Kier alpha value is -2.80. The number of aryl methyl sites for hydroxylation is 2. The molecule has 1 saturated heterocycles. The van der Waals surface area contributed by atoms with E-state index in [4.69, 9.17) is 4.84 Å². The van der Waals surface area contributed by atoms with Crippen LogP contribution in [-0.2, 0) is 16.1 Å². The van der Waals surface area contributed by atoms with Crippen molar-refractivity contribution >= 4 is 11.6 Å². The maximum atomic E-state index is 13.2. The van der Waals surface area contributed by atoms with E-state index in [0.29, 0.717) is 12.5 Å². The van der Waals surface area contributed by atoms with Gasteiger partial charge in [-0.2, -0.15) is 5.10 Å². The van der Waals surface area contributed by atoms with E-state index in [2.05, 4.69) is 27.2 Å². The van der Waals surface area contributed by atoms with E-state index in [1.54, 1.807) is 5.06 Å². The Balaban J connectivity index is 1.19. The van der Waals surface area contributed by atoms with E-state index in [9.17, 15) is 4.79 Å². The second kappa shape index (κ2) is 8.38. The predicted molar refractivity (Wildman–Crippen MR) is 116 cm³/mol. The Bertz CT molecular complexity index is 1070. The van der Waals surface area contributed by atoms with Crippen LogP contribution in [0.4, 0.5) is 0 Å². The molecule has 0 aromatic carbocycles. The molecule has 162 valence electrons. The third kappa shape index (κ3) is 4.19. The standard InChI is InChI=1S/C24H29N5O2/c1-16-3-6-21(14-25-16)22-9-10-31-29(22)24(30)20-7-4-18(5-8-20)11-19-12-23-27-17(2)15-28(23)26-13-19/h3,6,12-15,18,20,22H,4-5,7-11H2,1-2H3/t18?,20?,22-/m0/s1. The van der Waals surface area contributed by atoms with Crippen molar-refractivity contribution in [3.8, 4) is 0 Å². The van der Waals surface area contributed by atoms with Crippen LogP contribution in [-0.4, -0.2) is 37.2 Å². The quantitative estimate of drug-likeness (QED) is 0.639. The Kier molecular flexibility index (Phi) is 5.44. The summed E-state index contributed by atoms with van der Waals surface area (Å²) in [5.41, 5.74) is 5.15. The van der Waals surface area contributed by atoms with E-state index in [1.807, 2.05) is 43.0 Å². The predicted octanol–water partition coefficient (Wildman–Crippen LogP) is 4.00. The molecule has 2 aliphatic rings. The van der Waals surface area contributed by atoms with Crippen molar-refractivity contribution in [1.29, 1.82) is 0 Å². The molecule has 7 heteroatoms. The minimum absolute atomic E-state index is 0.0193. The number of imidazole rings is 1. The van der Waals surface area contributed by atoms with Crippen molar-refractivity contribution in [2.45, 2.75) is 58.4 Å². The second-order valence-electron chi connectivity index (χ2n) is 9.01. The second-order valence-corrected chi connectivity index (χ2v) is 9.01. The highest BCUT2D eigenvalue weighted by molar-refractivity contribution is 5.78. The van der Waals surface area contributed by atoms with Crippen LogP contribution in [0, 0.1) is 25.7 Å². The van der Waals surface area contributed by atoms with Crippen LogP contribution in [0.2, 0.25) is 0 Å². The minimum Gasteiger partial charge on any atom is -0.272 e. The molecule has 7 nitrogen and oxygen atoms in total. The number of pyridine rings is 1. The van der Waals surface area contributed by atoms with Crippen LogP contribution in [0.5, 0.6) is 0 Å². The molecule has 2 fully saturated rings. The molecule has 0 unspecified atom stereocenters. The zero-order valence-electron chi connectivity index (χ0n) is 18.2. The van der Waals surface area contributed by atoms with E-state index >= 15 is 0 Å². The summed E-state index contributed by atoms with van der Waals surface area (Å²) in [7, 11) is 0. The van der Waals surface area contributed by atoms with Gasteiger partial charge in [-0.15, -0.1) is 0 Å². The fourth-order valence-corrected chi connectivity index (χ4v) is 4.94. The fourth-order valence-electron chi connectivity index (χ4n) is 4.94. The Morgan fingerprint density at radius 3 is 2.71 bits per heavy atom. The van der Waals surface area contributed by atoms with E-state index in [1.165, 1.54) is 5.56 Å². The van der Waals surface area contributed by atoms with Crippen LogP contribution in [0.3, 0.4) is 0 Å². The summed E-state index contributed by atoms with van der Waals surface area (Å²) >= 11 is 0. The lowest BCUT2D eigenvalue weighted by Crippen LogP contribution is -2.36. The minimum atomic E-state index is -0.0193. The summed E-state index contributed by atoms with van der Waals surface area (Å²) in [5.74, 6) is 0.768. The number of fused-ring (bicyclic) bond motifs is 1. The summed E-state index contributed by atoms with van der Waals surface area (Å²) in [6.07, 6.45) is 11.5. The topological polar surface area (TPSA) is 72.6 Å². The summed E-state index contributed by atoms with van der Waals surface area (Å²) in [4.78, 5) is 27.9. The van der Waals surface area contributed by atoms with E-state index in [-0.39, 0.29) is 17.9 Å². The van der Waals surface area contributed by atoms with Crippen molar-refractivity contribution in [3.63, 3.8) is 0 Å². The van der Waals surface area contributed by atoms with Gasteiger partial charge < -0.3 is 0 Å². The first-order chi connectivity index (χ1) is 15.1. The highest BCUT2D eigenvalue weighted by Crippen LogP contribution is 2.36. The SMILES string of the molecule is Cc1ccc([C@@H]2CCON2C(=O)C2CCC(Cc3cnn4cc(C)nc4c3)CC2)cn1. The molecule has 0 radical (unpaired) electrons. The molecular formula is C24H29N5O2. The van der Waals surface area contributed by atoms with Gasteiger partial charge in [0, 0.05) is 24.2 Å². The van der Waals surface area contributed by atoms with Gasteiger partial charge in [-0.1, -0.05) is 6.07 Å². The number of hydrogen-bond donors (Lipinski definition) is 0. The summed E-state index contributed by atoms with van der Waals surface area (Å²) in [6, 6.07) is 6.17. The number of hydrogen-bond acceptors (Lipinski definition) is 5. The number of nitrogens with zero attached hydrogens (tertiary/aromatic N) is 5. The first-order valence-electron chi connectivity index (χ1n) is 11.3. The molecule has 0 spiro atoms. The lowest BCUT2D eigenvalue weighted by molar-refractivity contribution is -0.183. The third-order valence-electron chi connectivity index (χ3n) is 6.66. The highest BCUT2D eigenvalue weighted by Gasteiger charge is 2.37. The van der Waals surface area contributed by atoms with Crippen molar-refractivity contribution < 1.29 is 9.63 Å². The first kappa shape index (κ1) is 20.1. The Labute approximate surface area is 182 Å². The maximum absolute atomic E-state index is 13.2. The van der Waals surface area contributed by atoms with Crippen molar-refractivity contribution in [3.05, 3.63) is 59.3 Å². The van der Waals surface area contributed by atoms with Gasteiger partial charge in [-0.05, 0) is 75.1 Å². The molecule has 1 saturated carbocycles. The molecule has 1 aliphatic heterocycles. The van der Waals surface area contributed by atoms with Crippen LogP contribution in [0.25, 0.3) is 5.65 Å². The molecule has 4 heterocycles. The average molecular weight is 420 g/mol. The molecule has 0 N–H and O–H groups in total. The third-order valence-corrected chi connectivity index (χ3v) is 6.66. The number of hydroxylamine groups is 2. The van der Waals surface area contributed by atoms with Gasteiger partial charge in [0.05, 0.1) is 30.7 Å². The summed E-state index contributed by atoms with van der Waals surface area (Å²) < 4.78 is 1.82. The van der Waals surface area contributed by atoms with Crippen molar-refractivity contribution in [1.82, 2.24) is 24.6 Å². The number of carbonyl (C=O) groups excluding carboxylic acids is 1. The van der Waals surface area contributed by atoms with Crippen LogP contribution in [0.15, 0.2) is 36.8 Å². The van der Waals surface area contributed by atoms with Crippen LogP contribution < -0.4 is 0 Å². The molecule has 31 heavy (non-hydrogen) atoms. The molecule has 5 rings (SSSR count). The molecule has 3 aromatic heterocycles. The fraction of sp³-hybridized carbons (Fsp3) is 0.500. The van der Waals surface area contributed by atoms with Crippen molar-refractivity contribution in [2.75, 3.05) is 6.61 Å². The summed E-state index contributed by atoms with van der Waals surface area (Å²) in [5, 5.41) is 6.11. The lowest BCUT2D eigenvalue weighted by atomic mass is 9.79. The Morgan fingerprint density at radius 1 is 1.10 bits per heavy atom. The monoisotopic (exact) mass is 419 g/mol. The molecule has 1 amide bonds. The largest absolute Gasteiger partial charge is 0.272 e. The first-order valence-corrected chi connectivity index (χ1v) is 11.3. The molecule has 1 atom stereocenters. The molecule has 1 aliphatic carbocycles. The molecule has 0 bridgehead atoms. The van der Waals surface area contributed by atoms with Crippen molar-refractivity contribution in [2.24, 2.45) is 11.8 Å². The Morgan fingerprint density at radius 2 is 1.94 bits per heavy atom. The maximum Gasteiger partial charge on any atom is 0.249 e. The molecule has 3 aromatic rings. The number of aromatic nitrogens is 4. The van der Waals surface area contributed by atoms with Gasteiger partial charge in [0.25, 0.3) is 0 Å². The average Bonchev–Trinajstić information content (AvgIpc) is 3.40.